The average Bonchev–Trinajstić information content (AvgIpc) is 2.86. The number of nitrogens with one attached hydrogen (secondary N) is 2. The summed E-state index contributed by atoms with van der Waals surface area (Å²) < 4.78 is 150. The fraction of sp³-hybridized carbons (Fsp3) is 0.269. The molecule has 0 saturated carbocycles. The van der Waals surface area contributed by atoms with Crippen molar-refractivity contribution < 1.29 is 57.8 Å². The number of alkyl halides is 10. The monoisotopic (exact) mass is 600 g/mol. The molecule has 3 aromatic rings. The van der Waals surface area contributed by atoms with Crippen LogP contribution in [0.1, 0.15) is 22.3 Å². The van der Waals surface area contributed by atoms with Crippen molar-refractivity contribution in [2.45, 2.75) is 36.8 Å². The van der Waals surface area contributed by atoms with Gasteiger partial charge in [0.1, 0.15) is 18.1 Å². The molecule has 0 aromatic heterocycles. The number of hydrogen-bond acceptors (Lipinski definition) is 2. The molecule has 0 bridgehead atoms. The molecule has 2 amide bonds. The summed E-state index contributed by atoms with van der Waals surface area (Å²) in [6, 6.07) is 10.3. The van der Waals surface area contributed by atoms with Gasteiger partial charge in [0.15, 0.2) is 0 Å². The van der Waals surface area contributed by atoms with E-state index in [9.17, 15) is 53.1 Å². The van der Waals surface area contributed by atoms with Crippen molar-refractivity contribution in [1.82, 2.24) is 10.6 Å². The predicted molar refractivity (Wildman–Crippen MR) is 123 cm³/mol. The number of amides is 2. The van der Waals surface area contributed by atoms with Crippen LogP contribution in [0.3, 0.4) is 0 Å². The fourth-order valence-electron chi connectivity index (χ4n) is 3.89. The van der Waals surface area contributed by atoms with Gasteiger partial charge in [0.25, 0.3) is 0 Å². The zero-order valence-electron chi connectivity index (χ0n) is 20.4. The molecule has 0 aliphatic heterocycles. The normalized spacial score (nSPS) is 14.0. The molecular weight excluding hydrogens is 581 g/mol. The van der Waals surface area contributed by atoms with Crippen LogP contribution in [0.15, 0.2) is 72.8 Å². The Labute approximate surface area is 225 Å². The number of halogens is 11. The average molecular weight is 600 g/mol. The first kappa shape index (κ1) is 31.5. The number of hydrogen-bond donors (Lipinski definition) is 2. The summed E-state index contributed by atoms with van der Waals surface area (Å²) in [5, 5.41) is 3.72. The van der Waals surface area contributed by atoms with Gasteiger partial charge in [-0.25, -0.2) is 9.18 Å². The molecule has 0 fully saturated rings. The van der Waals surface area contributed by atoms with E-state index in [1.807, 2.05) is 0 Å². The third-order valence-corrected chi connectivity index (χ3v) is 5.67. The topological polar surface area (TPSA) is 50.4 Å². The highest BCUT2D eigenvalue weighted by Crippen LogP contribution is 2.39. The second kappa shape index (κ2) is 11.8. The van der Waals surface area contributed by atoms with Gasteiger partial charge in [-0.2, -0.15) is 43.9 Å². The van der Waals surface area contributed by atoms with Crippen LogP contribution in [0, 0.1) is 5.82 Å². The zero-order chi connectivity index (χ0) is 30.6. The van der Waals surface area contributed by atoms with E-state index in [-0.39, 0.29) is 5.56 Å². The first-order valence-corrected chi connectivity index (χ1v) is 11.4. The van der Waals surface area contributed by atoms with Crippen molar-refractivity contribution in [3.8, 4) is 5.75 Å². The number of benzene rings is 3. The van der Waals surface area contributed by atoms with Gasteiger partial charge in [-0.05, 0) is 41.0 Å². The summed E-state index contributed by atoms with van der Waals surface area (Å²) in [4.78, 5) is 12.7. The van der Waals surface area contributed by atoms with Crippen LogP contribution in [0.5, 0.6) is 5.75 Å². The molecule has 0 unspecified atom stereocenters. The Kier molecular flexibility index (Phi) is 9.08. The van der Waals surface area contributed by atoms with Crippen molar-refractivity contribution in [1.29, 1.82) is 0 Å². The zero-order valence-corrected chi connectivity index (χ0v) is 20.4. The maximum Gasteiger partial charge on any atom is 0.461 e. The summed E-state index contributed by atoms with van der Waals surface area (Å²) in [5.74, 6) is -2.52. The predicted octanol–water partition coefficient (Wildman–Crippen LogP) is 7.43. The third kappa shape index (κ3) is 8.24. The van der Waals surface area contributed by atoms with E-state index >= 15 is 0 Å². The van der Waals surface area contributed by atoms with Crippen LogP contribution in [-0.4, -0.2) is 31.3 Å². The first-order valence-electron chi connectivity index (χ1n) is 11.4. The van der Waals surface area contributed by atoms with E-state index in [0.717, 1.165) is 12.1 Å². The van der Waals surface area contributed by atoms with Gasteiger partial charge in [-0.15, -0.1) is 0 Å². The third-order valence-electron chi connectivity index (χ3n) is 5.67. The van der Waals surface area contributed by atoms with Crippen LogP contribution in [0.4, 0.5) is 53.1 Å². The lowest BCUT2D eigenvalue weighted by Crippen LogP contribution is -2.53. The Morgan fingerprint density at radius 1 is 0.780 bits per heavy atom. The molecule has 4 nitrogen and oxygen atoms in total. The molecule has 0 saturated heterocycles. The van der Waals surface area contributed by atoms with Crippen LogP contribution >= 0.6 is 0 Å². The van der Waals surface area contributed by atoms with Gasteiger partial charge < -0.3 is 15.4 Å². The van der Waals surface area contributed by atoms with E-state index in [4.69, 9.17) is 0 Å². The van der Waals surface area contributed by atoms with Gasteiger partial charge in [0, 0.05) is 12.5 Å². The first-order chi connectivity index (χ1) is 18.9. The molecule has 3 rings (SSSR count). The number of urea groups is 1. The minimum atomic E-state index is -5.10. The highest BCUT2D eigenvalue weighted by atomic mass is 19.4. The molecule has 41 heavy (non-hydrogen) atoms. The second-order valence-corrected chi connectivity index (χ2v) is 8.71. The Morgan fingerprint density at radius 3 is 1.90 bits per heavy atom. The lowest BCUT2D eigenvalue weighted by Gasteiger charge is -2.37. The van der Waals surface area contributed by atoms with E-state index < -0.39 is 72.1 Å². The van der Waals surface area contributed by atoms with Crippen molar-refractivity contribution >= 4 is 6.03 Å². The van der Waals surface area contributed by atoms with Crippen LogP contribution in [0.25, 0.3) is 0 Å². The molecule has 0 aliphatic carbocycles. The summed E-state index contributed by atoms with van der Waals surface area (Å²) in [6.45, 7) is -1.84. The molecule has 0 spiro atoms. The van der Waals surface area contributed by atoms with E-state index in [0.29, 0.717) is 35.9 Å². The SMILES string of the molecule is O=C(NCC(F)(F)F)N[C@](Cc1ccccc1)(c1ccc(C(F)(F)F)cc1)c1cc(F)cc(OC(F)(F)C(F)F)c1. The van der Waals surface area contributed by atoms with Gasteiger partial charge in [-0.1, -0.05) is 42.5 Å². The van der Waals surface area contributed by atoms with Gasteiger partial charge in [-0.3, -0.25) is 0 Å². The van der Waals surface area contributed by atoms with Crippen LogP contribution < -0.4 is 15.4 Å². The van der Waals surface area contributed by atoms with Crippen LogP contribution in [0.2, 0.25) is 0 Å². The summed E-state index contributed by atoms with van der Waals surface area (Å²) >= 11 is 0. The highest BCUT2D eigenvalue weighted by Gasteiger charge is 2.45. The van der Waals surface area contributed by atoms with Crippen molar-refractivity contribution in [2.24, 2.45) is 0 Å². The molecule has 2 N–H and O–H groups in total. The summed E-state index contributed by atoms with van der Waals surface area (Å²) in [6.07, 6.45) is -19.6. The molecule has 222 valence electrons. The van der Waals surface area contributed by atoms with E-state index in [1.165, 1.54) is 29.6 Å². The standard InChI is InChI=1S/C26H19F11N2O2/c27-19-10-18(11-20(12-19)41-26(36,37)21(28)29)23(13-15-4-2-1-3-5-15,39-22(40)38-14-24(30,31)32)16-6-8-17(9-7-16)25(33,34)35/h1-12,21H,13-14H2,(H2,38,39,40)/t23-/m1/s1. The van der Waals surface area contributed by atoms with Gasteiger partial charge >= 0.3 is 30.9 Å². The van der Waals surface area contributed by atoms with Crippen LogP contribution in [-0.2, 0) is 18.1 Å². The second-order valence-electron chi connectivity index (χ2n) is 8.71. The van der Waals surface area contributed by atoms with Gasteiger partial charge in [0.05, 0.1) is 11.1 Å². The number of carbonyl (C=O) groups excluding carboxylic acids is 1. The summed E-state index contributed by atoms with van der Waals surface area (Å²) in [7, 11) is 0. The summed E-state index contributed by atoms with van der Waals surface area (Å²) in [5.41, 5.74) is -3.89. The largest absolute Gasteiger partial charge is 0.461 e. The molecule has 0 aliphatic rings. The highest BCUT2D eigenvalue weighted by molar-refractivity contribution is 5.76. The molecule has 3 aromatic carbocycles. The number of carbonyl (C=O) groups is 1. The minimum absolute atomic E-state index is 0.256. The quantitative estimate of drug-likeness (QED) is 0.251. The maximum absolute atomic E-state index is 14.7. The van der Waals surface area contributed by atoms with E-state index in [2.05, 4.69) is 10.1 Å². The Hall–Kier alpha value is -4.04. The maximum atomic E-state index is 14.7. The smallest absolute Gasteiger partial charge is 0.428 e. The van der Waals surface area contributed by atoms with E-state index in [1.54, 1.807) is 6.07 Å². The molecule has 0 heterocycles. The molecular formula is C26H19F11N2O2. The minimum Gasteiger partial charge on any atom is -0.428 e. The number of rotatable bonds is 9. The molecule has 15 heteroatoms. The molecule has 1 atom stereocenters. The van der Waals surface area contributed by atoms with Crippen molar-refractivity contribution in [3.05, 3.63) is 101 Å². The molecule has 0 radical (unpaired) electrons. The Bertz CT molecular complexity index is 1330. The lowest BCUT2D eigenvalue weighted by molar-refractivity contribution is -0.253. The number of ether oxygens (including phenoxy) is 1. The Balaban J connectivity index is 2.26. The van der Waals surface area contributed by atoms with Crippen molar-refractivity contribution in [2.75, 3.05) is 6.54 Å². The fourth-order valence-corrected chi connectivity index (χ4v) is 3.89. The Morgan fingerprint density at radius 2 is 1.37 bits per heavy atom. The lowest BCUT2D eigenvalue weighted by atomic mass is 9.77. The van der Waals surface area contributed by atoms with Crippen molar-refractivity contribution in [3.63, 3.8) is 0 Å². The van der Waals surface area contributed by atoms with Gasteiger partial charge in [0.2, 0.25) is 0 Å².